The quantitative estimate of drug-likeness (QED) is 0.797. The number of aryl methyl sites for hydroxylation is 2. The third kappa shape index (κ3) is 2.84. The van der Waals surface area contributed by atoms with Crippen molar-refractivity contribution in [2.24, 2.45) is 5.92 Å². The number of aliphatic hydroxyl groups excluding tert-OH is 1. The third-order valence-electron chi connectivity index (χ3n) is 3.84. The molecule has 0 aromatic carbocycles. The largest absolute Gasteiger partial charge is 0.397 e. The summed E-state index contributed by atoms with van der Waals surface area (Å²) >= 11 is 1.24. The summed E-state index contributed by atoms with van der Waals surface area (Å²) < 4.78 is 0. The minimum Gasteiger partial charge on any atom is -0.397 e. The van der Waals surface area contributed by atoms with Crippen LogP contribution in [0.15, 0.2) is 0 Å². The highest BCUT2D eigenvalue weighted by Crippen LogP contribution is 2.34. The lowest BCUT2D eigenvalue weighted by Gasteiger charge is -2.18. The Bertz CT molecular complexity index is 683. The zero-order chi connectivity index (χ0) is 15.7. The van der Waals surface area contributed by atoms with Crippen LogP contribution in [0.3, 0.4) is 0 Å². The Morgan fingerprint density at radius 2 is 2.05 bits per heavy atom. The van der Waals surface area contributed by atoms with Crippen LogP contribution in [0.5, 0.6) is 0 Å². The van der Waals surface area contributed by atoms with Crippen LogP contribution in [0.4, 0.5) is 5.69 Å². The number of anilines is 1. The van der Waals surface area contributed by atoms with Gasteiger partial charge in [-0.25, -0.2) is 0 Å². The molecule has 0 spiro atoms. The average molecular weight is 308 g/mol. The number of hydrogen-bond donors (Lipinski definition) is 3. The Morgan fingerprint density at radius 1 is 1.38 bits per heavy atom. The summed E-state index contributed by atoms with van der Waals surface area (Å²) in [5.41, 5.74) is 8.33. The number of nitrogens with two attached hydrogens (primary N) is 1. The second-order valence-electron chi connectivity index (χ2n) is 5.36. The van der Waals surface area contributed by atoms with Crippen LogP contribution in [-0.4, -0.2) is 33.9 Å². The predicted octanol–water partition coefficient (Wildman–Crippen LogP) is 1.64. The van der Waals surface area contributed by atoms with Gasteiger partial charge in [-0.2, -0.15) is 5.10 Å². The third-order valence-corrected chi connectivity index (χ3v) is 4.93. The second kappa shape index (κ2) is 5.95. The molecular weight excluding hydrogens is 288 g/mol. The maximum atomic E-state index is 12.4. The molecule has 0 aliphatic rings. The Balaban J connectivity index is 2.37. The summed E-state index contributed by atoms with van der Waals surface area (Å²) in [6, 6.07) is -0.138. The summed E-state index contributed by atoms with van der Waals surface area (Å²) in [7, 11) is 0. The first-order chi connectivity index (χ1) is 9.86. The second-order valence-corrected chi connectivity index (χ2v) is 6.36. The molecule has 21 heavy (non-hydrogen) atoms. The molecule has 2 unspecified atom stereocenters. The van der Waals surface area contributed by atoms with Gasteiger partial charge in [0.2, 0.25) is 0 Å². The predicted molar refractivity (Wildman–Crippen MR) is 84.5 cm³/mol. The number of carbonyl (C=O) groups excluding carboxylic acids is 1. The molecule has 1 amide bonds. The Morgan fingerprint density at radius 3 is 2.67 bits per heavy atom. The van der Waals surface area contributed by atoms with Crippen LogP contribution >= 0.6 is 11.3 Å². The van der Waals surface area contributed by atoms with Crippen LogP contribution in [0.1, 0.15) is 34.8 Å². The van der Waals surface area contributed by atoms with Gasteiger partial charge < -0.3 is 16.2 Å². The van der Waals surface area contributed by atoms with Crippen molar-refractivity contribution in [3.8, 4) is 0 Å². The number of hydrogen-bond acceptors (Lipinski definition) is 6. The van der Waals surface area contributed by atoms with Gasteiger partial charge in [0.05, 0.1) is 11.4 Å². The molecule has 114 valence electrons. The van der Waals surface area contributed by atoms with Crippen molar-refractivity contribution in [1.82, 2.24) is 15.5 Å². The molecule has 0 fully saturated rings. The van der Waals surface area contributed by atoms with Gasteiger partial charge in [-0.3, -0.25) is 4.79 Å². The average Bonchev–Trinajstić information content (AvgIpc) is 2.79. The van der Waals surface area contributed by atoms with Gasteiger partial charge in [-0.15, -0.1) is 16.4 Å². The molecule has 0 bridgehead atoms. The number of nitrogen functional groups attached to an aromatic ring is 1. The minimum atomic E-state index is -0.236. The molecule has 7 heteroatoms. The van der Waals surface area contributed by atoms with Crippen molar-refractivity contribution in [3.63, 3.8) is 0 Å². The van der Waals surface area contributed by atoms with E-state index in [1.165, 1.54) is 11.3 Å². The fourth-order valence-corrected chi connectivity index (χ4v) is 2.99. The van der Waals surface area contributed by atoms with Gasteiger partial charge in [0.25, 0.3) is 5.91 Å². The van der Waals surface area contributed by atoms with E-state index in [0.29, 0.717) is 15.4 Å². The fraction of sp³-hybridized carbons (Fsp3) is 0.500. The molecule has 2 rings (SSSR count). The van der Waals surface area contributed by atoms with E-state index < -0.39 is 0 Å². The molecule has 0 saturated heterocycles. The van der Waals surface area contributed by atoms with E-state index in [9.17, 15) is 4.79 Å². The number of aliphatic hydroxyl groups is 1. The molecule has 0 aliphatic carbocycles. The SMILES string of the molecule is Cc1nnc2sc(C(=O)NC(C)C(C)CO)c(N)c2c1C. The van der Waals surface area contributed by atoms with E-state index in [2.05, 4.69) is 15.5 Å². The van der Waals surface area contributed by atoms with Crippen molar-refractivity contribution in [2.75, 3.05) is 12.3 Å². The lowest BCUT2D eigenvalue weighted by atomic mass is 10.1. The van der Waals surface area contributed by atoms with Gasteiger partial charge in [0, 0.05) is 18.0 Å². The normalized spacial score (nSPS) is 14.1. The lowest BCUT2D eigenvalue weighted by Crippen LogP contribution is -2.38. The van der Waals surface area contributed by atoms with Crippen LogP contribution < -0.4 is 11.1 Å². The summed E-state index contributed by atoms with van der Waals surface area (Å²) in [5.74, 6) is -0.256. The van der Waals surface area contributed by atoms with Crippen molar-refractivity contribution in [2.45, 2.75) is 33.7 Å². The first kappa shape index (κ1) is 15.7. The highest BCUT2D eigenvalue weighted by molar-refractivity contribution is 7.21. The molecule has 6 nitrogen and oxygen atoms in total. The van der Waals surface area contributed by atoms with Crippen molar-refractivity contribution < 1.29 is 9.90 Å². The summed E-state index contributed by atoms with van der Waals surface area (Å²) in [6.07, 6.45) is 0. The maximum Gasteiger partial charge on any atom is 0.263 e. The summed E-state index contributed by atoms with van der Waals surface area (Å²) in [5, 5.41) is 21.0. The topological polar surface area (TPSA) is 101 Å². The van der Waals surface area contributed by atoms with Gasteiger partial charge in [-0.1, -0.05) is 6.92 Å². The first-order valence-electron chi connectivity index (χ1n) is 6.80. The van der Waals surface area contributed by atoms with E-state index in [0.717, 1.165) is 16.6 Å². The number of nitrogens with one attached hydrogen (secondary N) is 1. The number of carbonyl (C=O) groups is 1. The number of nitrogens with zero attached hydrogens (tertiary/aromatic N) is 2. The summed E-state index contributed by atoms with van der Waals surface area (Å²) in [6.45, 7) is 7.54. The maximum absolute atomic E-state index is 12.4. The summed E-state index contributed by atoms with van der Waals surface area (Å²) in [4.78, 5) is 13.5. The molecule has 0 radical (unpaired) electrons. The Kier molecular flexibility index (Phi) is 4.43. The van der Waals surface area contributed by atoms with E-state index in [1.54, 1.807) is 0 Å². The van der Waals surface area contributed by atoms with Gasteiger partial charge in [0.15, 0.2) is 0 Å². The van der Waals surface area contributed by atoms with Gasteiger partial charge >= 0.3 is 0 Å². The highest BCUT2D eigenvalue weighted by Gasteiger charge is 2.22. The number of amides is 1. The van der Waals surface area contributed by atoms with E-state index >= 15 is 0 Å². The molecule has 4 N–H and O–H groups in total. The van der Waals surface area contributed by atoms with Crippen molar-refractivity contribution in [3.05, 3.63) is 16.1 Å². The van der Waals surface area contributed by atoms with Crippen molar-refractivity contribution in [1.29, 1.82) is 0 Å². The van der Waals surface area contributed by atoms with Gasteiger partial charge in [-0.05, 0) is 32.3 Å². The smallest absolute Gasteiger partial charge is 0.263 e. The molecular formula is C14H20N4O2S. The van der Waals surface area contributed by atoms with Crippen LogP contribution in [-0.2, 0) is 0 Å². The number of thiophene rings is 1. The highest BCUT2D eigenvalue weighted by atomic mass is 32.1. The standard InChI is InChI=1S/C14H20N4O2S/c1-6(5-19)8(3)16-13(20)12-11(15)10-7(2)9(4)17-18-14(10)21-12/h6,8,19H,5,15H2,1-4H3,(H,16,20). The molecule has 2 heterocycles. The minimum absolute atomic E-state index is 0.0201. The van der Waals surface area contributed by atoms with E-state index in [1.807, 2.05) is 27.7 Å². The molecule has 2 aromatic heterocycles. The number of aromatic nitrogens is 2. The molecule has 2 aromatic rings. The van der Waals surface area contributed by atoms with E-state index in [-0.39, 0.29) is 24.5 Å². The zero-order valence-electron chi connectivity index (χ0n) is 12.6. The molecule has 2 atom stereocenters. The van der Waals surface area contributed by atoms with Gasteiger partial charge in [0.1, 0.15) is 9.71 Å². The first-order valence-corrected chi connectivity index (χ1v) is 7.62. The lowest BCUT2D eigenvalue weighted by molar-refractivity contribution is 0.0921. The Hall–Kier alpha value is -1.73. The number of rotatable bonds is 4. The molecule has 0 aliphatic heterocycles. The van der Waals surface area contributed by atoms with Crippen molar-refractivity contribution >= 4 is 33.1 Å². The Labute approximate surface area is 127 Å². The van der Waals surface area contributed by atoms with Crippen LogP contribution in [0.2, 0.25) is 0 Å². The molecule has 0 saturated carbocycles. The fourth-order valence-electron chi connectivity index (χ4n) is 1.98. The zero-order valence-corrected chi connectivity index (χ0v) is 13.4. The van der Waals surface area contributed by atoms with E-state index in [4.69, 9.17) is 10.8 Å². The van der Waals surface area contributed by atoms with Crippen LogP contribution in [0.25, 0.3) is 10.2 Å². The monoisotopic (exact) mass is 308 g/mol. The van der Waals surface area contributed by atoms with Crippen LogP contribution in [0, 0.1) is 19.8 Å². The number of fused-ring (bicyclic) bond motifs is 1.